The Labute approximate surface area is 49.3 Å². The number of alkyl halides is 1. The topological polar surface area (TPSA) is 19.9 Å². The van der Waals surface area contributed by atoms with Gasteiger partial charge >= 0.3 is 0 Å². The maximum absolute atomic E-state index is 10.1. The lowest BCUT2D eigenvalue weighted by Crippen LogP contribution is -2.16. The van der Waals surface area contributed by atoms with E-state index in [-0.39, 0.29) is 12.0 Å². The Bertz CT molecular complexity index is 46.0. The van der Waals surface area contributed by atoms with E-state index in [1.807, 2.05) is 13.8 Å². The molecule has 2 heteroatoms. The Balaban J connectivity index is 3.36. The van der Waals surface area contributed by atoms with Gasteiger partial charge in [-0.15, -0.1) is 11.6 Å². The van der Waals surface area contributed by atoms with Gasteiger partial charge in [-0.1, -0.05) is 13.8 Å². The zero-order valence-corrected chi connectivity index (χ0v) is 5.46. The van der Waals surface area contributed by atoms with Gasteiger partial charge in [0.05, 0.1) is 6.61 Å². The third kappa shape index (κ3) is 2.89. The Morgan fingerprint density at radius 1 is 1.57 bits per heavy atom. The number of rotatable bonds is 2. The van der Waals surface area contributed by atoms with E-state index in [0.29, 0.717) is 5.88 Å². The first-order valence-electron chi connectivity index (χ1n) is 2.26. The average Bonchev–Trinajstić information content (AvgIpc) is 1.68. The van der Waals surface area contributed by atoms with Crippen LogP contribution in [0.3, 0.4) is 0 Å². The van der Waals surface area contributed by atoms with Crippen LogP contribution in [0.1, 0.15) is 13.8 Å². The first-order chi connectivity index (χ1) is 3.12. The molecule has 7 heavy (non-hydrogen) atoms. The van der Waals surface area contributed by atoms with E-state index >= 15 is 0 Å². The van der Waals surface area contributed by atoms with Gasteiger partial charge in [0.15, 0.2) is 0 Å². The monoisotopic (exact) mass is 121 g/mol. The van der Waals surface area contributed by atoms with E-state index in [2.05, 4.69) is 0 Å². The van der Waals surface area contributed by atoms with Crippen LogP contribution >= 0.6 is 11.6 Å². The van der Waals surface area contributed by atoms with Crippen LogP contribution in [0.2, 0.25) is 0 Å². The minimum atomic E-state index is -0.207. The minimum absolute atomic E-state index is 0.0868. The predicted molar refractivity (Wildman–Crippen MR) is 30.1 cm³/mol. The molecule has 0 amide bonds. The van der Waals surface area contributed by atoms with Crippen LogP contribution in [-0.4, -0.2) is 12.5 Å². The second-order valence-electron chi connectivity index (χ2n) is 2.44. The molecule has 0 unspecified atom stereocenters. The molecule has 0 aromatic rings. The van der Waals surface area contributed by atoms with Crippen LogP contribution in [0.25, 0.3) is 0 Å². The smallest absolute Gasteiger partial charge is 0.0884 e. The molecule has 0 aromatic carbocycles. The summed E-state index contributed by atoms with van der Waals surface area (Å²) in [6, 6.07) is 0. The fraction of sp³-hybridized carbons (Fsp3) is 1.00. The molecule has 0 atom stereocenters. The molecule has 0 N–H and O–H groups in total. The second-order valence-corrected chi connectivity index (χ2v) is 2.71. The molecule has 0 saturated heterocycles. The summed E-state index contributed by atoms with van der Waals surface area (Å²) in [7, 11) is 0. The highest BCUT2D eigenvalue weighted by Crippen LogP contribution is 2.14. The van der Waals surface area contributed by atoms with E-state index in [4.69, 9.17) is 11.6 Å². The van der Waals surface area contributed by atoms with Crippen molar-refractivity contribution in [2.45, 2.75) is 13.8 Å². The molecule has 0 aromatic heterocycles. The van der Waals surface area contributed by atoms with Gasteiger partial charge in [0, 0.05) is 11.3 Å². The Morgan fingerprint density at radius 3 is 2.00 bits per heavy atom. The molecular weight excluding hydrogens is 112 g/mol. The van der Waals surface area contributed by atoms with Crippen molar-refractivity contribution in [1.82, 2.24) is 0 Å². The lowest BCUT2D eigenvalue weighted by Gasteiger charge is -2.14. The maximum Gasteiger partial charge on any atom is 0.0884 e. The minimum Gasteiger partial charge on any atom is -0.236 e. The summed E-state index contributed by atoms with van der Waals surface area (Å²) in [5.74, 6) is 0.455. The van der Waals surface area contributed by atoms with Crippen molar-refractivity contribution in [2.75, 3.05) is 12.5 Å². The molecule has 0 bridgehead atoms. The highest BCUT2D eigenvalue weighted by molar-refractivity contribution is 6.18. The zero-order chi connectivity index (χ0) is 5.91. The lowest BCUT2D eigenvalue weighted by molar-refractivity contribution is 0.108. The van der Waals surface area contributed by atoms with E-state index in [0.717, 1.165) is 0 Å². The lowest BCUT2D eigenvalue weighted by atomic mass is 9.99. The third-order valence-electron chi connectivity index (χ3n) is 0.752. The van der Waals surface area contributed by atoms with Crippen LogP contribution in [0.15, 0.2) is 0 Å². The predicted octanol–water partition coefficient (Wildman–Crippen LogP) is 1.68. The standard InChI is InChI=1S/C5H10ClO/c1-5(2,3-6)4-7/h3-4H2,1-2H3. The van der Waals surface area contributed by atoms with Crippen molar-refractivity contribution in [3.8, 4) is 0 Å². The summed E-state index contributed by atoms with van der Waals surface area (Å²) in [5.41, 5.74) is -0.207. The molecular formula is C5H10ClO. The van der Waals surface area contributed by atoms with E-state index in [9.17, 15) is 5.11 Å². The summed E-state index contributed by atoms with van der Waals surface area (Å²) in [4.78, 5) is 0. The van der Waals surface area contributed by atoms with Gasteiger partial charge in [-0.2, -0.15) is 0 Å². The maximum atomic E-state index is 10.1. The third-order valence-corrected chi connectivity index (χ3v) is 1.48. The zero-order valence-electron chi connectivity index (χ0n) is 4.70. The summed E-state index contributed by atoms with van der Waals surface area (Å²) in [5, 5.41) is 10.1. The van der Waals surface area contributed by atoms with Crippen LogP contribution in [0.4, 0.5) is 0 Å². The molecule has 1 radical (unpaired) electrons. The van der Waals surface area contributed by atoms with Gasteiger partial charge in [0.2, 0.25) is 0 Å². The van der Waals surface area contributed by atoms with Crippen LogP contribution in [0, 0.1) is 5.41 Å². The summed E-state index contributed by atoms with van der Waals surface area (Å²) in [6.45, 7) is 3.62. The molecule has 0 fully saturated rings. The van der Waals surface area contributed by atoms with Crippen molar-refractivity contribution >= 4 is 11.6 Å². The average molecular weight is 122 g/mol. The van der Waals surface area contributed by atoms with Gasteiger partial charge in [0.25, 0.3) is 0 Å². The molecule has 0 heterocycles. The van der Waals surface area contributed by atoms with Gasteiger partial charge in [-0.25, -0.2) is 5.11 Å². The fourth-order valence-electron chi connectivity index (χ4n) is 0.0386. The summed E-state index contributed by atoms with van der Waals surface area (Å²) >= 11 is 5.39. The van der Waals surface area contributed by atoms with Gasteiger partial charge < -0.3 is 0 Å². The fourth-order valence-corrected chi connectivity index (χ4v) is 0.116. The molecule has 43 valence electrons. The Kier molecular flexibility index (Phi) is 2.62. The van der Waals surface area contributed by atoms with Crippen molar-refractivity contribution in [1.29, 1.82) is 0 Å². The highest BCUT2D eigenvalue weighted by atomic mass is 35.5. The van der Waals surface area contributed by atoms with Gasteiger partial charge in [0.1, 0.15) is 0 Å². The number of hydrogen-bond acceptors (Lipinski definition) is 0. The second kappa shape index (κ2) is 2.53. The summed E-state index contributed by atoms with van der Waals surface area (Å²) in [6.07, 6.45) is 0. The van der Waals surface area contributed by atoms with Crippen molar-refractivity contribution < 1.29 is 5.11 Å². The number of hydrogen-bond donors (Lipinski definition) is 0. The Hall–Kier alpha value is 0.250. The normalized spacial score (nSPS) is 12.0. The van der Waals surface area contributed by atoms with Crippen molar-refractivity contribution in [3.05, 3.63) is 0 Å². The first kappa shape index (κ1) is 7.25. The van der Waals surface area contributed by atoms with Crippen LogP contribution in [0.5, 0.6) is 0 Å². The summed E-state index contributed by atoms with van der Waals surface area (Å²) < 4.78 is 0. The quantitative estimate of drug-likeness (QED) is 0.496. The molecule has 0 rings (SSSR count). The van der Waals surface area contributed by atoms with Gasteiger partial charge in [-0.05, 0) is 0 Å². The van der Waals surface area contributed by atoms with E-state index in [1.165, 1.54) is 0 Å². The van der Waals surface area contributed by atoms with E-state index < -0.39 is 0 Å². The number of halogens is 1. The largest absolute Gasteiger partial charge is 0.236 e. The molecule has 0 aliphatic carbocycles. The van der Waals surface area contributed by atoms with Crippen molar-refractivity contribution in [2.24, 2.45) is 5.41 Å². The Morgan fingerprint density at radius 2 is 2.00 bits per heavy atom. The molecule has 0 spiro atoms. The van der Waals surface area contributed by atoms with Gasteiger partial charge in [-0.3, -0.25) is 0 Å². The first-order valence-corrected chi connectivity index (χ1v) is 2.80. The molecule has 0 aliphatic rings. The molecule has 0 aliphatic heterocycles. The molecule has 0 saturated carbocycles. The van der Waals surface area contributed by atoms with Crippen LogP contribution < -0.4 is 0 Å². The highest BCUT2D eigenvalue weighted by Gasteiger charge is 2.14. The van der Waals surface area contributed by atoms with Crippen LogP contribution in [-0.2, 0) is 5.11 Å². The van der Waals surface area contributed by atoms with E-state index in [1.54, 1.807) is 0 Å². The SMILES string of the molecule is CC(C)(C[O])CCl. The molecule has 1 nitrogen and oxygen atoms in total. The van der Waals surface area contributed by atoms with Crippen molar-refractivity contribution in [3.63, 3.8) is 0 Å².